The monoisotopic (exact) mass is 258 g/mol. The van der Waals surface area contributed by atoms with Gasteiger partial charge in [0, 0.05) is 18.5 Å². The number of carbonyl (C=O) groups excluding carboxylic acids is 1. The number of rotatable bonds is 4. The van der Waals surface area contributed by atoms with Crippen LogP contribution in [0.25, 0.3) is 0 Å². The van der Waals surface area contributed by atoms with E-state index >= 15 is 0 Å². The molecule has 102 valence electrons. The summed E-state index contributed by atoms with van der Waals surface area (Å²) in [5, 5.41) is 3.04. The number of hydrogen-bond acceptors (Lipinski definition) is 2. The molecule has 1 fully saturated rings. The molecule has 3 heteroatoms. The minimum Gasteiger partial charge on any atom is -0.356 e. The molecule has 0 bridgehead atoms. The first kappa shape index (κ1) is 12.7. The van der Waals surface area contributed by atoms with Crippen molar-refractivity contribution in [3.8, 4) is 0 Å². The zero-order valence-corrected chi connectivity index (χ0v) is 11.4. The van der Waals surface area contributed by atoms with E-state index in [4.69, 9.17) is 5.73 Å². The summed E-state index contributed by atoms with van der Waals surface area (Å²) in [7, 11) is 0. The van der Waals surface area contributed by atoms with Gasteiger partial charge in [0.05, 0.1) is 0 Å². The summed E-state index contributed by atoms with van der Waals surface area (Å²) in [6.07, 6.45) is 3.14. The SMILES string of the molecule is CC(N)CCNC(=O)C1C2CCc3ccccc3C21. The van der Waals surface area contributed by atoms with Gasteiger partial charge in [-0.25, -0.2) is 0 Å². The third kappa shape index (κ3) is 2.39. The zero-order valence-electron chi connectivity index (χ0n) is 11.4. The zero-order chi connectivity index (χ0) is 13.4. The van der Waals surface area contributed by atoms with Crippen LogP contribution in [0.5, 0.6) is 0 Å². The molecular weight excluding hydrogens is 236 g/mol. The first-order chi connectivity index (χ1) is 9.18. The van der Waals surface area contributed by atoms with Crippen LogP contribution in [0.3, 0.4) is 0 Å². The molecule has 1 amide bonds. The number of carbonyl (C=O) groups is 1. The smallest absolute Gasteiger partial charge is 0.224 e. The van der Waals surface area contributed by atoms with Gasteiger partial charge in [-0.15, -0.1) is 0 Å². The lowest BCUT2D eigenvalue weighted by molar-refractivity contribution is -0.122. The van der Waals surface area contributed by atoms with Gasteiger partial charge in [0.15, 0.2) is 0 Å². The Balaban J connectivity index is 1.62. The highest BCUT2D eigenvalue weighted by molar-refractivity contribution is 5.84. The van der Waals surface area contributed by atoms with Crippen molar-refractivity contribution in [2.45, 2.75) is 38.1 Å². The Kier molecular flexibility index (Phi) is 3.31. The van der Waals surface area contributed by atoms with Gasteiger partial charge in [-0.1, -0.05) is 24.3 Å². The predicted octanol–water partition coefficient (Wildman–Crippen LogP) is 1.82. The molecule has 4 unspecified atom stereocenters. The Morgan fingerprint density at radius 2 is 2.26 bits per heavy atom. The maximum absolute atomic E-state index is 12.2. The van der Waals surface area contributed by atoms with E-state index in [1.165, 1.54) is 11.1 Å². The van der Waals surface area contributed by atoms with Crippen molar-refractivity contribution in [1.82, 2.24) is 5.32 Å². The molecule has 3 nitrogen and oxygen atoms in total. The van der Waals surface area contributed by atoms with Gasteiger partial charge >= 0.3 is 0 Å². The number of nitrogens with two attached hydrogens (primary N) is 1. The fourth-order valence-corrected chi connectivity index (χ4v) is 3.46. The van der Waals surface area contributed by atoms with Crippen molar-refractivity contribution in [2.24, 2.45) is 17.6 Å². The van der Waals surface area contributed by atoms with Crippen molar-refractivity contribution in [3.63, 3.8) is 0 Å². The summed E-state index contributed by atoms with van der Waals surface area (Å²) in [5.74, 6) is 1.48. The van der Waals surface area contributed by atoms with Gasteiger partial charge in [0.1, 0.15) is 0 Å². The molecule has 0 radical (unpaired) electrons. The molecule has 0 aliphatic heterocycles. The van der Waals surface area contributed by atoms with Crippen molar-refractivity contribution >= 4 is 5.91 Å². The molecule has 3 N–H and O–H groups in total. The summed E-state index contributed by atoms with van der Waals surface area (Å²) in [6, 6.07) is 8.74. The second-order valence-electron chi connectivity index (χ2n) is 6.01. The number of hydrogen-bond donors (Lipinski definition) is 2. The minimum atomic E-state index is 0.155. The van der Waals surface area contributed by atoms with Crippen LogP contribution in [-0.2, 0) is 11.2 Å². The fourth-order valence-electron chi connectivity index (χ4n) is 3.46. The summed E-state index contributed by atoms with van der Waals surface area (Å²) in [4.78, 5) is 12.2. The van der Waals surface area contributed by atoms with E-state index in [1.54, 1.807) is 0 Å². The van der Waals surface area contributed by atoms with Crippen molar-refractivity contribution in [3.05, 3.63) is 35.4 Å². The van der Waals surface area contributed by atoms with Crippen LogP contribution < -0.4 is 11.1 Å². The van der Waals surface area contributed by atoms with Crippen LogP contribution in [0.15, 0.2) is 24.3 Å². The van der Waals surface area contributed by atoms with Gasteiger partial charge < -0.3 is 11.1 Å². The Morgan fingerprint density at radius 3 is 3.05 bits per heavy atom. The van der Waals surface area contributed by atoms with Crippen molar-refractivity contribution in [2.75, 3.05) is 6.54 Å². The minimum absolute atomic E-state index is 0.155. The summed E-state index contributed by atoms with van der Waals surface area (Å²) >= 11 is 0. The molecule has 0 saturated heterocycles. The lowest BCUT2D eigenvalue weighted by Crippen LogP contribution is -2.30. The Hall–Kier alpha value is -1.35. The molecule has 0 aromatic heterocycles. The molecule has 1 saturated carbocycles. The molecule has 19 heavy (non-hydrogen) atoms. The average Bonchev–Trinajstić information content (AvgIpc) is 3.13. The van der Waals surface area contributed by atoms with Gasteiger partial charge in [-0.05, 0) is 49.1 Å². The van der Waals surface area contributed by atoms with Crippen LogP contribution in [0.4, 0.5) is 0 Å². The van der Waals surface area contributed by atoms with Gasteiger partial charge in [0.25, 0.3) is 0 Å². The summed E-state index contributed by atoms with van der Waals surface area (Å²) < 4.78 is 0. The van der Waals surface area contributed by atoms with Gasteiger partial charge in [0.2, 0.25) is 5.91 Å². The number of amides is 1. The van der Waals surface area contributed by atoms with E-state index in [1.807, 2.05) is 6.92 Å². The van der Waals surface area contributed by atoms with Gasteiger partial charge in [-0.3, -0.25) is 4.79 Å². The average molecular weight is 258 g/mol. The van der Waals surface area contributed by atoms with E-state index in [9.17, 15) is 4.79 Å². The lowest BCUT2D eigenvalue weighted by atomic mass is 9.92. The standard InChI is InChI=1S/C16H22N2O/c1-10(17)8-9-18-16(19)15-13-7-6-11-4-2-3-5-12(11)14(13)15/h2-5,10,13-15H,6-9,17H2,1H3,(H,18,19). The van der Waals surface area contributed by atoms with Crippen LogP contribution in [0.2, 0.25) is 0 Å². The third-order valence-electron chi connectivity index (χ3n) is 4.53. The molecule has 0 heterocycles. The number of benzene rings is 1. The van der Waals surface area contributed by atoms with Crippen molar-refractivity contribution < 1.29 is 4.79 Å². The highest BCUT2D eigenvalue weighted by Crippen LogP contribution is 2.59. The quantitative estimate of drug-likeness (QED) is 0.865. The molecule has 2 aliphatic carbocycles. The molecule has 1 aromatic carbocycles. The van der Waals surface area contributed by atoms with E-state index < -0.39 is 0 Å². The molecule has 2 aliphatic rings. The van der Waals surface area contributed by atoms with E-state index in [2.05, 4.69) is 29.6 Å². The highest BCUT2D eigenvalue weighted by Gasteiger charge is 2.56. The molecule has 1 aromatic rings. The second-order valence-corrected chi connectivity index (χ2v) is 6.01. The Morgan fingerprint density at radius 1 is 1.47 bits per heavy atom. The fraction of sp³-hybridized carbons (Fsp3) is 0.562. The molecular formula is C16H22N2O. The maximum atomic E-state index is 12.2. The first-order valence-electron chi connectivity index (χ1n) is 7.29. The van der Waals surface area contributed by atoms with Crippen LogP contribution in [0.1, 0.15) is 36.8 Å². The second kappa shape index (κ2) is 4.97. The topological polar surface area (TPSA) is 55.1 Å². The first-order valence-corrected chi connectivity index (χ1v) is 7.29. The van der Waals surface area contributed by atoms with Crippen LogP contribution in [-0.4, -0.2) is 18.5 Å². The van der Waals surface area contributed by atoms with E-state index in [0.717, 1.165) is 19.3 Å². The van der Waals surface area contributed by atoms with Gasteiger partial charge in [-0.2, -0.15) is 0 Å². The highest BCUT2D eigenvalue weighted by atomic mass is 16.2. The largest absolute Gasteiger partial charge is 0.356 e. The Bertz CT molecular complexity index is 483. The molecule has 4 atom stereocenters. The van der Waals surface area contributed by atoms with Crippen LogP contribution in [0, 0.1) is 11.8 Å². The predicted molar refractivity (Wildman–Crippen MR) is 75.8 cm³/mol. The summed E-state index contributed by atoms with van der Waals surface area (Å²) in [5.41, 5.74) is 8.55. The third-order valence-corrected chi connectivity index (χ3v) is 4.53. The number of aryl methyl sites for hydroxylation is 1. The number of nitrogens with one attached hydrogen (secondary N) is 1. The maximum Gasteiger partial charge on any atom is 0.224 e. The van der Waals surface area contributed by atoms with E-state index in [-0.39, 0.29) is 17.9 Å². The Labute approximate surface area is 114 Å². The van der Waals surface area contributed by atoms with Crippen LogP contribution >= 0.6 is 0 Å². The molecule has 0 spiro atoms. The number of fused-ring (bicyclic) bond motifs is 3. The summed E-state index contributed by atoms with van der Waals surface area (Å²) in [6.45, 7) is 2.67. The van der Waals surface area contributed by atoms with E-state index in [0.29, 0.717) is 18.4 Å². The lowest BCUT2D eigenvalue weighted by Gasteiger charge is -2.13. The molecule has 3 rings (SSSR count). The normalized spacial score (nSPS) is 29.1. The van der Waals surface area contributed by atoms with Crippen molar-refractivity contribution in [1.29, 1.82) is 0 Å².